The van der Waals surface area contributed by atoms with Crippen LogP contribution in [0.5, 0.6) is 11.5 Å². The molecule has 0 saturated heterocycles. The van der Waals surface area contributed by atoms with Crippen molar-refractivity contribution in [2.45, 2.75) is 0 Å². The zero-order chi connectivity index (χ0) is 18.2. The van der Waals surface area contributed by atoms with Gasteiger partial charge >= 0.3 is 0 Å². The highest BCUT2D eigenvalue weighted by atomic mass is 16.5. The fourth-order valence-corrected chi connectivity index (χ4v) is 2.12. The van der Waals surface area contributed by atoms with Crippen molar-refractivity contribution >= 4 is 17.4 Å². The average molecular weight is 344 g/mol. The molecule has 0 aliphatic carbocycles. The van der Waals surface area contributed by atoms with Crippen LogP contribution in [-0.2, 0) is 0 Å². The van der Waals surface area contributed by atoms with Crippen molar-refractivity contribution in [3.8, 4) is 11.5 Å². The Morgan fingerprint density at radius 1 is 1.12 bits per heavy atom. The van der Waals surface area contributed by atoms with Gasteiger partial charge in [0.2, 0.25) is 0 Å². The first-order valence-corrected chi connectivity index (χ1v) is 7.91. The van der Waals surface area contributed by atoms with Crippen LogP contribution in [0.1, 0.15) is 10.4 Å². The molecule has 0 aliphatic rings. The molecule has 1 aromatic carbocycles. The minimum Gasteiger partial charge on any atom is -0.497 e. The molecule has 1 amide bonds. The molecule has 7 heteroatoms. The molecule has 0 atom stereocenters. The molecule has 134 valence electrons. The molecular weight excluding hydrogens is 320 g/mol. The summed E-state index contributed by atoms with van der Waals surface area (Å²) in [4.78, 5) is 18.8. The zero-order valence-corrected chi connectivity index (χ0v) is 15.0. The molecule has 25 heavy (non-hydrogen) atoms. The van der Waals surface area contributed by atoms with Crippen LogP contribution in [0.4, 0.5) is 11.5 Å². The molecule has 0 unspecified atom stereocenters. The van der Waals surface area contributed by atoms with E-state index in [1.807, 2.05) is 20.2 Å². The Hall–Kier alpha value is -2.80. The van der Waals surface area contributed by atoms with Crippen LogP contribution in [-0.4, -0.2) is 57.2 Å². The van der Waals surface area contributed by atoms with Gasteiger partial charge in [0.05, 0.1) is 26.1 Å². The van der Waals surface area contributed by atoms with E-state index in [4.69, 9.17) is 9.47 Å². The highest BCUT2D eigenvalue weighted by Gasteiger charge is 2.11. The number of hydrogen-bond donors (Lipinski definition) is 2. The van der Waals surface area contributed by atoms with Gasteiger partial charge in [-0.05, 0) is 38.4 Å². The molecule has 2 N–H and O–H groups in total. The lowest BCUT2D eigenvalue weighted by atomic mass is 10.2. The third kappa shape index (κ3) is 5.65. The van der Waals surface area contributed by atoms with Gasteiger partial charge in [0, 0.05) is 24.7 Å². The number of anilines is 2. The summed E-state index contributed by atoms with van der Waals surface area (Å²) >= 11 is 0. The molecular formula is C18H24N4O3. The number of likely N-dealkylation sites (N-methyl/N-ethyl adjacent to an activating group) is 1. The van der Waals surface area contributed by atoms with E-state index in [1.165, 1.54) is 0 Å². The summed E-state index contributed by atoms with van der Waals surface area (Å²) in [6, 6.07) is 8.64. The lowest BCUT2D eigenvalue weighted by molar-refractivity contribution is 0.102. The van der Waals surface area contributed by atoms with Gasteiger partial charge in [0.1, 0.15) is 17.3 Å². The van der Waals surface area contributed by atoms with Gasteiger partial charge in [-0.1, -0.05) is 0 Å². The van der Waals surface area contributed by atoms with Crippen molar-refractivity contribution in [3.05, 3.63) is 42.1 Å². The van der Waals surface area contributed by atoms with Gasteiger partial charge < -0.3 is 25.0 Å². The number of benzene rings is 1. The van der Waals surface area contributed by atoms with Crippen molar-refractivity contribution in [1.82, 2.24) is 9.88 Å². The van der Waals surface area contributed by atoms with Gasteiger partial charge in [-0.25, -0.2) is 4.98 Å². The predicted octanol–water partition coefficient (Wildman–Crippen LogP) is 2.32. The number of methoxy groups -OCH3 is 2. The molecule has 0 saturated carbocycles. The highest BCUT2D eigenvalue weighted by Crippen LogP contribution is 2.23. The number of amides is 1. The minimum atomic E-state index is -0.280. The largest absolute Gasteiger partial charge is 0.497 e. The first-order valence-electron chi connectivity index (χ1n) is 7.91. The molecule has 2 rings (SSSR count). The Morgan fingerprint density at radius 2 is 1.80 bits per heavy atom. The summed E-state index contributed by atoms with van der Waals surface area (Å²) in [5, 5.41) is 6.03. The third-order valence-corrected chi connectivity index (χ3v) is 3.51. The second kappa shape index (κ2) is 8.89. The Bertz CT molecular complexity index is 680. The second-order valence-corrected chi connectivity index (χ2v) is 5.72. The molecule has 0 bridgehead atoms. The van der Waals surface area contributed by atoms with Crippen molar-refractivity contribution in [3.63, 3.8) is 0 Å². The Kier molecular flexibility index (Phi) is 6.59. The molecule has 1 aromatic heterocycles. The number of nitrogens with zero attached hydrogens (tertiary/aromatic N) is 2. The first kappa shape index (κ1) is 18.5. The van der Waals surface area contributed by atoms with Crippen molar-refractivity contribution in [2.24, 2.45) is 0 Å². The number of carbonyl (C=O) groups excluding carboxylic acids is 1. The molecule has 1 heterocycles. The van der Waals surface area contributed by atoms with Crippen LogP contribution in [0.2, 0.25) is 0 Å². The van der Waals surface area contributed by atoms with E-state index in [1.54, 1.807) is 44.7 Å². The maximum absolute atomic E-state index is 12.4. The molecule has 0 spiro atoms. The summed E-state index contributed by atoms with van der Waals surface area (Å²) in [6.45, 7) is 1.75. The van der Waals surface area contributed by atoms with Gasteiger partial charge in [0.25, 0.3) is 5.91 Å². The zero-order valence-electron chi connectivity index (χ0n) is 15.0. The van der Waals surface area contributed by atoms with Crippen LogP contribution >= 0.6 is 0 Å². The van der Waals surface area contributed by atoms with Gasteiger partial charge in [0.15, 0.2) is 0 Å². The highest BCUT2D eigenvalue weighted by molar-refractivity contribution is 6.04. The normalized spacial score (nSPS) is 10.4. The Morgan fingerprint density at radius 3 is 2.32 bits per heavy atom. The maximum atomic E-state index is 12.4. The van der Waals surface area contributed by atoms with E-state index in [9.17, 15) is 4.79 Å². The van der Waals surface area contributed by atoms with Crippen molar-refractivity contribution in [2.75, 3.05) is 52.0 Å². The molecule has 2 aromatic rings. The van der Waals surface area contributed by atoms with Crippen LogP contribution < -0.4 is 20.1 Å². The summed E-state index contributed by atoms with van der Waals surface area (Å²) < 4.78 is 10.4. The number of carbonyl (C=O) groups is 1. The lowest BCUT2D eigenvalue weighted by Crippen LogP contribution is -2.20. The van der Waals surface area contributed by atoms with Crippen LogP contribution in [0, 0.1) is 0 Å². The van der Waals surface area contributed by atoms with Gasteiger partial charge in [-0.15, -0.1) is 0 Å². The quantitative estimate of drug-likeness (QED) is 0.765. The fourth-order valence-electron chi connectivity index (χ4n) is 2.12. The monoisotopic (exact) mass is 344 g/mol. The molecule has 0 aliphatic heterocycles. The van der Waals surface area contributed by atoms with E-state index in [0.29, 0.717) is 22.9 Å². The number of aromatic nitrogens is 1. The Labute approximate surface area is 148 Å². The Balaban J connectivity index is 2.00. The average Bonchev–Trinajstić information content (AvgIpc) is 2.62. The number of rotatable bonds is 8. The third-order valence-electron chi connectivity index (χ3n) is 3.51. The number of ether oxygens (including phenoxy) is 2. The summed E-state index contributed by atoms with van der Waals surface area (Å²) in [7, 11) is 7.12. The number of pyridine rings is 1. The van der Waals surface area contributed by atoms with E-state index in [-0.39, 0.29) is 5.91 Å². The molecule has 0 fully saturated rings. The van der Waals surface area contributed by atoms with Gasteiger partial charge in [-0.3, -0.25) is 4.79 Å². The summed E-state index contributed by atoms with van der Waals surface area (Å²) in [6.07, 6.45) is 1.69. The predicted molar refractivity (Wildman–Crippen MR) is 98.8 cm³/mol. The van der Waals surface area contributed by atoms with E-state index in [2.05, 4.69) is 20.5 Å². The smallest absolute Gasteiger partial charge is 0.257 e. The topological polar surface area (TPSA) is 75.7 Å². The number of hydrogen-bond acceptors (Lipinski definition) is 6. The maximum Gasteiger partial charge on any atom is 0.257 e. The van der Waals surface area contributed by atoms with E-state index < -0.39 is 0 Å². The second-order valence-electron chi connectivity index (χ2n) is 5.72. The summed E-state index contributed by atoms with van der Waals surface area (Å²) in [5.41, 5.74) is 1.34. The fraction of sp³-hybridized carbons (Fsp3) is 0.333. The van der Waals surface area contributed by atoms with Crippen molar-refractivity contribution in [1.29, 1.82) is 0 Å². The molecule has 0 radical (unpaired) electrons. The summed E-state index contributed by atoms with van der Waals surface area (Å²) in [5.74, 6) is 1.30. The van der Waals surface area contributed by atoms with Crippen LogP contribution in [0.15, 0.2) is 36.5 Å². The standard InChI is InChI=1S/C18H24N4O3/c1-22(2)8-7-19-14-5-6-17(20-12-14)21-18(23)13-9-15(24-3)11-16(10-13)25-4/h5-6,9-12,19H,7-8H2,1-4H3,(H,20,21,23). The minimum absolute atomic E-state index is 0.280. The lowest BCUT2D eigenvalue weighted by Gasteiger charge is -2.12. The number of nitrogens with one attached hydrogen (secondary N) is 2. The SMILES string of the molecule is COc1cc(OC)cc(C(=O)Nc2ccc(NCCN(C)C)cn2)c1. The van der Waals surface area contributed by atoms with Crippen molar-refractivity contribution < 1.29 is 14.3 Å². The van der Waals surface area contributed by atoms with Gasteiger partial charge in [-0.2, -0.15) is 0 Å². The van der Waals surface area contributed by atoms with Crippen LogP contribution in [0.25, 0.3) is 0 Å². The molecule has 7 nitrogen and oxygen atoms in total. The first-order chi connectivity index (χ1) is 12.0. The van der Waals surface area contributed by atoms with Crippen LogP contribution in [0.3, 0.4) is 0 Å². The van der Waals surface area contributed by atoms with E-state index >= 15 is 0 Å². The van der Waals surface area contributed by atoms with E-state index in [0.717, 1.165) is 18.8 Å².